The van der Waals surface area contributed by atoms with Crippen LogP contribution in [-0.2, 0) is 9.47 Å². The molecule has 5 rings (SSSR count). The molecule has 3 amide bonds. The van der Waals surface area contributed by atoms with Crippen molar-refractivity contribution in [2.45, 2.75) is 31.9 Å². The van der Waals surface area contributed by atoms with E-state index in [-0.39, 0.29) is 67.7 Å². The molecule has 3 atom stereocenters. The van der Waals surface area contributed by atoms with Crippen LogP contribution in [0.4, 0.5) is 15.3 Å². The van der Waals surface area contributed by atoms with Gasteiger partial charge in [-0.1, -0.05) is 74.2 Å². The fraction of sp³-hybridized carbons (Fsp3) is 0.343. The average Bonchev–Trinajstić information content (AvgIpc) is 3.37. The lowest BCUT2D eigenvalue weighted by Gasteiger charge is -2.38. The number of nitrogens with zero attached hydrogens (tertiary/aromatic N) is 2. The van der Waals surface area contributed by atoms with Crippen LogP contribution in [0.15, 0.2) is 79.4 Å². The van der Waals surface area contributed by atoms with Gasteiger partial charge < -0.3 is 29.1 Å². The van der Waals surface area contributed by atoms with Gasteiger partial charge in [-0.05, 0) is 41.3 Å². The van der Waals surface area contributed by atoms with Crippen molar-refractivity contribution in [3.8, 4) is 16.9 Å². The lowest BCUT2D eigenvalue weighted by molar-refractivity contribution is 0.0332. The van der Waals surface area contributed by atoms with Crippen molar-refractivity contribution in [2.75, 3.05) is 45.3 Å². The van der Waals surface area contributed by atoms with Gasteiger partial charge in [0.05, 0.1) is 30.4 Å². The molecule has 1 aliphatic heterocycles. The average molecular weight is 614 g/mol. The third kappa shape index (κ3) is 6.66. The summed E-state index contributed by atoms with van der Waals surface area (Å²) in [6.45, 7) is 7.62. The predicted octanol–water partition coefficient (Wildman–Crippen LogP) is 5.52. The minimum atomic E-state index is -0.696. The van der Waals surface area contributed by atoms with Gasteiger partial charge in [0.15, 0.2) is 5.75 Å². The zero-order valence-corrected chi connectivity index (χ0v) is 25.8. The number of aliphatic hydroxyl groups is 1. The first-order valence-corrected chi connectivity index (χ1v) is 15.1. The molecule has 3 aromatic rings. The van der Waals surface area contributed by atoms with Crippen molar-refractivity contribution >= 4 is 23.8 Å². The summed E-state index contributed by atoms with van der Waals surface area (Å²) < 4.78 is 17.4. The number of likely N-dealkylation sites (N-methyl/N-ethyl adjacent to an activating group) is 1. The van der Waals surface area contributed by atoms with Gasteiger partial charge in [0.25, 0.3) is 5.91 Å². The molecule has 0 aromatic heterocycles. The van der Waals surface area contributed by atoms with Crippen molar-refractivity contribution in [2.24, 2.45) is 5.92 Å². The van der Waals surface area contributed by atoms with E-state index in [4.69, 9.17) is 14.2 Å². The highest BCUT2D eigenvalue weighted by Crippen LogP contribution is 2.44. The van der Waals surface area contributed by atoms with Crippen molar-refractivity contribution in [1.29, 1.82) is 0 Å². The number of anilines is 1. The first-order valence-electron chi connectivity index (χ1n) is 15.1. The minimum absolute atomic E-state index is 0.0670. The summed E-state index contributed by atoms with van der Waals surface area (Å²) in [5.74, 6) is -0.553. The number of fused-ring (bicyclic) bond motifs is 4. The second-order valence-corrected chi connectivity index (χ2v) is 11.5. The zero-order chi connectivity index (χ0) is 32.1. The van der Waals surface area contributed by atoms with E-state index in [1.165, 1.54) is 11.0 Å². The maximum absolute atomic E-state index is 13.8. The largest absolute Gasteiger partial charge is 0.485 e. The maximum Gasteiger partial charge on any atom is 0.411 e. The highest BCUT2D eigenvalue weighted by Gasteiger charge is 2.36. The molecule has 45 heavy (non-hydrogen) atoms. The standard InChI is InChI=1S/C35H39N3O7/c1-5-17-43-35(42)37(4)19-31-22(2)18-38(23(3)20-39)33(40)28-15-10-16-30(32(28)45-31)36-34(41)44-21-29-26-13-8-6-11-24(26)25-12-7-9-14-27(25)29/h5-16,22-23,29,31,39H,1,17-21H2,2-4H3,(H,36,41)/t22-,23+,31+/m1/s1. The van der Waals surface area contributed by atoms with E-state index in [0.29, 0.717) is 0 Å². The quantitative estimate of drug-likeness (QED) is 0.305. The van der Waals surface area contributed by atoms with Crippen molar-refractivity contribution in [3.63, 3.8) is 0 Å². The molecule has 2 aliphatic rings. The van der Waals surface area contributed by atoms with E-state index in [0.717, 1.165) is 22.3 Å². The van der Waals surface area contributed by atoms with Gasteiger partial charge in [-0.15, -0.1) is 0 Å². The van der Waals surface area contributed by atoms with E-state index in [2.05, 4.69) is 24.0 Å². The minimum Gasteiger partial charge on any atom is -0.485 e. The van der Waals surface area contributed by atoms with E-state index in [1.54, 1.807) is 37.1 Å². The summed E-state index contributed by atoms with van der Waals surface area (Å²) in [5.41, 5.74) is 4.91. The zero-order valence-electron chi connectivity index (χ0n) is 25.8. The number of amides is 3. The number of carbonyl (C=O) groups is 3. The van der Waals surface area contributed by atoms with E-state index in [1.807, 2.05) is 43.3 Å². The molecule has 2 N–H and O–H groups in total. The van der Waals surface area contributed by atoms with Crippen LogP contribution in [0.2, 0.25) is 0 Å². The Labute approximate surface area is 263 Å². The van der Waals surface area contributed by atoms with Crippen LogP contribution in [0.25, 0.3) is 11.1 Å². The topological polar surface area (TPSA) is 118 Å². The van der Waals surface area contributed by atoms with Crippen molar-refractivity contribution in [3.05, 3.63) is 96.1 Å². The molecule has 10 nitrogen and oxygen atoms in total. The first-order chi connectivity index (χ1) is 21.7. The lowest BCUT2D eigenvalue weighted by Crippen LogP contribution is -2.50. The van der Waals surface area contributed by atoms with Crippen LogP contribution in [0.1, 0.15) is 41.3 Å². The molecule has 0 bridgehead atoms. The molecular formula is C35H39N3O7. The van der Waals surface area contributed by atoms with Crippen LogP contribution < -0.4 is 10.1 Å². The van der Waals surface area contributed by atoms with Crippen molar-refractivity contribution < 1.29 is 33.7 Å². The number of nitrogens with one attached hydrogen (secondary N) is 1. The number of para-hydroxylation sites is 1. The Morgan fingerprint density at radius 3 is 2.36 bits per heavy atom. The molecule has 0 saturated heterocycles. The molecule has 0 spiro atoms. The molecule has 3 aromatic carbocycles. The first kappa shape index (κ1) is 31.6. The highest BCUT2D eigenvalue weighted by atomic mass is 16.6. The third-order valence-corrected chi connectivity index (χ3v) is 8.36. The fourth-order valence-corrected chi connectivity index (χ4v) is 5.89. The van der Waals surface area contributed by atoms with Gasteiger partial charge in [-0.2, -0.15) is 0 Å². The van der Waals surface area contributed by atoms with E-state index < -0.39 is 24.3 Å². The summed E-state index contributed by atoms with van der Waals surface area (Å²) in [5, 5.41) is 12.7. The monoisotopic (exact) mass is 613 g/mol. The Morgan fingerprint density at radius 1 is 1.07 bits per heavy atom. The summed E-state index contributed by atoms with van der Waals surface area (Å²) in [6, 6.07) is 20.6. The Morgan fingerprint density at radius 2 is 1.71 bits per heavy atom. The summed E-state index contributed by atoms with van der Waals surface area (Å²) in [6.07, 6.45) is -0.344. The molecular weight excluding hydrogens is 574 g/mol. The predicted molar refractivity (Wildman–Crippen MR) is 170 cm³/mol. The Kier molecular flexibility index (Phi) is 9.73. The summed E-state index contributed by atoms with van der Waals surface area (Å²) in [7, 11) is 1.60. The van der Waals surface area contributed by atoms with Gasteiger partial charge in [-0.25, -0.2) is 9.59 Å². The highest BCUT2D eigenvalue weighted by molar-refractivity contribution is 6.01. The van der Waals surface area contributed by atoms with Crippen molar-refractivity contribution in [1.82, 2.24) is 9.80 Å². The molecule has 0 fully saturated rings. The van der Waals surface area contributed by atoms with Crippen LogP contribution in [-0.4, -0.2) is 85.1 Å². The van der Waals surface area contributed by atoms with Crippen LogP contribution in [0, 0.1) is 5.92 Å². The molecule has 1 aliphatic carbocycles. The maximum atomic E-state index is 13.8. The third-order valence-electron chi connectivity index (χ3n) is 8.36. The number of aliphatic hydroxyl groups excluding tert-OH is 1. The molecule has 0 saturated carbocycles. The Bertz CT molecular complexity index is 1530. The number of hydrogen-bond donors (Lipinski definition) is 2. The SMILES string of the molecule is C=CCOC(=O)N(C)C[C@@H]1Oc2c(NC(=O)OCC3c4ccccc4-c4ccccc43)cccc2C(=O)N([C@@H](C)CO)C[C@H]1C. The van der Waals surface area contributed by atoms with Gasteiger partial charge in [-0.3, -0.25) is 10.1 Å². The van der Waals surface area contributed by atoms with E-state index >= 15 is 0 Å². The normalized spacial score (nSPS) is 17.9. The molecule has 10 heteroatoms. The van der Waals surface area contributed by atoms with Gasteiger partial charge in [0, 0.05) is 25.4 Å². The van der Waals surface area contributed by atoms with E-state index in [9.17, 15) is 19.5 Å². The molecule has 0 unspecified atom stereocenters. The lowest BCUT2D eigenvalue weighted by atomic mass is 9.98. The number of benzene rings is 3. The van der Waals surface area contributed by atoms with Gasteiger partial charge in [0.2, 0.25) is 0 Å². The Hall–Kier alpha value is -4.83. The number of ether oxygens (including phenoxy) is 3. The molecule has 0 radical (unpaired) electrons. The van der Waals surface area contributed by atoms with Gasteiger partial charge >= 0.3 is 12.2 Å². The number of carbonyl (C=O) groups excluding carboxylic acids is 3. The number of hydrogen-bond acceptors (Lipinski definition) is 7. The molecule has 1 heterocycles. The second-order valence-electron chi connectivity index (χ2n) is 11.5. The Balaban J connectivity index is 1.39. The fourth-order valence-electron chi connectivity index (χ4n) is 5.89. The van der Waals surface area contributed by atoms with Crippen LogP contribution >= 0.6 is 0 Å². The van der Waals surface area contributed by atoms with Crippen LogP contribution in [0.5, 0.6) is 5.75 Å². The number of rotatable bonds is 9. The summed E-state index contributed by atoms with van der Waals surface area (Å²) in [4.78, 5) is 42.5. The summed E-state index contributed by atoms with van der Waals surface area (Å²) >= 11 is 0. The van der Waals surface area contributed by atoms with Gasteiger partial charge in [0.1, 0.15) is 19.3 Å². The smallest absolute Gasteiger partial charge is 0.411 e. The molecule has 236 valence electrons. The van der Waals surface area contributed by atoms with Crippen LogP contribution in [0.3, 0.4) is 0 Å². The second kappa shape index (κ2) is 13.9.